The van der Waals surface area contributed by atoms with Gasteiger partial charge in [0.1, 0.15) is 5.82 Å². The van der Waals surface area contributed by atoms with Gasteiger partial charge in [-0.15, -0.1) is 11.8 Å². The van der Waals surface area contributed by atoms with E-state index in [-0.39, 0.29) is 17.1 Å². The second-order valence-electron chi connectivity index (χ2n) is 4.55. The number of esters is 1. The Morgan fingerprint density at radius 2 is 2.14 bits per heavy atom. The Balaban J connectivity index is 1.93. The molecular formula is C14H13N3O3S. The van der Waals surface area contributed by atoms with Crippen molar-refractivity contribution in [3.8, 4) is 0 Å². The number of benzene rings is 1. The Bertz CT molecular complexity index is 681. The highest BCUT2D eigenvalue weighted by atomic mass is 32.2. The smallest absolute Gasteiger partial charge is 0.337 e. The summed E-state index contributed by atoms with van der Waals surface area (Å²) in [5.74, 6) is 0.577. The molecule has 7 heteroatoms. The summed E-state index contributed by atoms with van der Waals surface area (Å²) in [7, 11) is 1.35. The van der Waals surface area contributed by atoms with Crippen LogP contribution in [0.3, 0.4) is 0 Å². The van der Waals surface area contributed by atoms with E-state index in [1.165, 1.54) is 18.9 Å². The van der Waals surface area contributed by atoms with Gasteiger partial charge in [-0.2, -0.15) is 5.10 Å². The summed E-state index contributed by atoms with van der Waals surface area (Å²) in [6, 6.07) is 7.19. The largest absolute Gasteiger partial charge is 0.465 e. The number of carbonyl (C=O) groups is 2. The van der Waals surface area contributed by atoms with E-state index in [9.17, 15) is 9.59 Å². The molecule has 3 rings (SSSR count). The molecule has 6 nitrogen and oxygen atoms in total. The van der Waals surface area contributed by atoms with Crippen molar-refractivity contribution in [2.75, 3.05) is 18.2 Å². The number of thioether (sulfide) groups is 1. The van der Waals surface area contributed by atoms with Crippen molar-refractivity contribution in [1.82, 2.24) is 10.2 Å². The lowest BCUT2D eigenvalue weighted by Crippen LogP contribution is -2.12. The highest BCUT2D eigenvalue weighted by Gasteiger charge is 2.25. The van der Waals surface area contributed by atoms with E-state index in [1.54, 1.807) is 18.3 Å². The van der Waals surface area contributed by atoms with Crippen molar-refractivity contribution < 1.29 is 14.3 Å². The molecule has 0 saturated heterocycles. The molecule has 1 aliphatic rings. The average molecular weight is 303 g/mol. The first-order chi connectivity index (χ1) is 10.2. The van der Waals surface area contributed by atoms with E-state index in [0.29, 0.717) is 17.1 Å². The third-order valence-electron chi connectivity index (χ3n) is 3.23. The molecule has 2 aromatic rings. The molecule has 0 unspecified atom stereocenters. The highest BCUT2D eigenvalue weighted by molar-refractivity contribution is 8.00. The van der Waals surface area contributed by atoms with Crippen molar-refractivity contribution in [2.24, 2.45) is 0 Å². The number of amides is 1. The molecule has 1 aliphatic heterocycles. The van der Waals surface area contributed by atoms with Crippen molar-refractivity contribution in [3.05, 3.63) is 47.2 Å². The van der Waals surface area contributed by atoms with Crippen molar-refractivity contribution in [3.63, 3.8) is 0 Å². The Morgan fingerprint density at radius 3 is 2.86 bits per heavy atom. The summed E-state index contributed by atoms with van der Waals surface area (Å²) in [5.41, 5.74) is 2.44. The average Bonchev–Trinajstić information content (AvgIpc) is 2.89. The standard InChI is InChI=1S/C14H13N3O3S/c1-20-14(19)9-4-2-8(3-5-9)12-10-6-15-17-13(10)16-11(18)7-21-12/h2-6,12H,7H2,1H3,(H2,15,16,17,18)/t12-/m1/s1. The maximum atomic E-state index is 11.7. The maximum Gasteiger partial charge on any atom is 0.337 e. The molecule has 0 fully saturated rings. The zero-order valence-corrected chi connectivity index (χ0v) is 12.1. The molecule has 2 N–H and O–H groups in total. The van der Waals surface area contributed by atoms with Gasteiger partial charge in [0.05, 0.1) is 29.9 Å². The first-order valence-electron chi connectivity index (χ1n) is 6.32. The van der Waals surface area contributed by atoms with Gasteiger partial charge in [0.25, 0.3) is 0 Å². The molecule has 2 heterocycles. The molecule has 0 bridgehead atoms. The van der Waals surface area contributed by atoms with Crippen molar-refractivity contribution >= 4 is 29.5 Å². The number of aromatic amines is 1. The fourth-order valence-corrected chi connectivity index (χ4v) is 3.30. The van der Waals surface area contributed by atoms with Gasteiger partial charge >= 0.3 is 5.97 Å². The summed E-state index contributed by atoms with van der Waals surface area (Å²) >= 11 is 1.52. The predicted octanol–water partition coefficient (Wildman–Crippen LogP) is 1.97. The minimum atomic E-state index is -0.365. The van der Waals surface area contributed by atoms with Crippen LogP contribution in [0.25, 0.3) is 0 Å². The molecule has 0 spiro atoms. The summed E-state index contributed by atoms with van der Waals surface area (Å²) in [4.78, 5) is 23.1. The van der Waals surface area contributed by atoms with Crippen molar-refractivity contribution in [2.45, 2.75) is 5.25 Å². The number of ether oxygens (including phenoxy) is 1. The van der Waals surface area contributed by atoms with Crippen LogP contribution in [0.1, 0.15) is 26.7 Å². The monoisotopic (exact) mass is 303 g/mol. The van der Waals surface area contributed by atoms with Gasteiger partial charge < -0.3 is 10.1 Å². The Hall–Kier alpha value is -2.28. The van der Waals surface area contributed by atoms with Crippen LogP contribution < -0.4 is 5.32 Å². The van der Waals surface area contributed by atoms with Gasteiger partial charge in [-0.25, -0.2) is 4.79 Å². The van der Waals surface area contributed by atoms with Crippen molar-refractivity contribution in [1.29, 1.82) is 0 Å². The van der Waals surface area contributed by atoms with Crippen LogP contribution in [0.5, 0.6) is 0 Å². The second-order valence-corrected chi connectivity index (χ2v) is 5.65. The van der Waals surface area contributed by atoms with Gasteiger partial charge in [-0.3, -0.25) is 9.89 Å². The van der Waals surface area contributed by atoms with E-state index in [0.717, 1.165) is 11.1 Å². The van der Waals surface area contributed by atoms with Crippen LogP contribution >= 0.6 is 11.8 Å². The molecule has 0 saturated carbocycles. The lowest BCUT2D eigenvalue weighted by Gasteiger charge is -2.14. The number of carbonyl (C=O) groups excluding carboxylic acids is 2. The minimum absolute atomic E-state index is 0.00982. The topological polar surface area (TPSA) is 84.1 Å². The number of nitrogens with one attached hydrogen (secondary N) is 2. The Labute approximate surface area is 125 Å². The Morgan fingerprint density at radius 1 is 1.38 bits per heavy atom. The molecule has 1 amide bonds. The predicted molar refractivity (Wildman–Crippen MR) is 79.3 cm³/mol. The number of nitrogens with zero attached hydrogens (tertiary/aromatic N) is 1. The van der Waals surface area contributed by atoms with Gasteiger partial charge in [0.15, 0.2) is 0 Å². The molecule has 1 atom stereocenters. The van der Waals surface area contributed by atoms with E-state index in [4.69, 9.17) is 0 Å². The first-order valence-corrected chi connectivity index (χ1v) is 7.37. The normalized spacial score (nSPS) is 17.6. The minimum Gasteiger partial charge on any atom is -0.465 e. The molecular weight excluding hydrogens is 290 g/mol. The molecule has 1 aromatic heterocycles. The SMILES string of the molecule is COC(=O)c1ccc([C@H]2SCC(=O)Nc3[nH]ncc32)cc1. The summed E-state index contributed by atoms with van der Waals surface area (Å²) in [5, 5.41) is 9.56. The fraction of sp³-hybridized carbons (Fsp3) is 0.214. The number of methoxy groups -OCH3 is 1. The highest BCUT2D eigenvalue weighted by Crippen LogP contribution is 2.40. The van der Waals surface area contributed by atoms with Gasteiger partial charge in [0.2, 0.25) is 5.91 Å². The summed E-state index contributed by atoms with van der Waals surface area (Å²) in [6.07, 6.45) is 1.72. The molecule has 1 aromatic carbocycles. The summed E-state index contributed by atoms with van der Waals surface area (Å²) in [6.45, 7) is 0. The maximum absolute atomic E-state index is 11.7. The quantitative estimate of drug-likeness (QED) is 0.829. The van der Waals surface area contributed by atoms with Crippen LogP contribution in [0.15, 0.2) is 30.5 Å². The van der Waals surface area contributed by atoms with Crippen LogP contribution in [-0.2, 0) is 9.53 Å². The number of hydrogen-bond donors (Lipinski definition) is 2. The number of H-pyrrole nitrogens is 1. The van der Waals surface area contributed by atoms with E-state index >= 15 is 0 Å². The van der Waals surface area contributed by atoms with Crippen LogP contribution in [0.4, 0.5) is 5.82 Å². The van der Waals surface area contributed by atoms with E-state index < -0.39 is 0 Å². The summed E-state index contributed by atoms with van der Waals surface area (Å²) < 4.78 is 4.69. The van der Waals surface area contributed by atoms with Crippen LogP contribution in [0.2, 0.25) is 0 Å². The number of anilines is 1. The molecule has 21 heavy (non-hydrogen) atoms. The van der Waals surface area contributed by atoms with E-state index in [2.05, 4.69) is 20.3 Å². The number of aromatic nitrogens is 2. The van der Waals surface area contributed by atoms with Gasteiger partial charge in [0, 0.05) is 5.56 Å². The van der Waals surface area contributed by atoms with Crippen LogP contribution in [0, 0.1) is 0 Å². The zero-order valence-electron chi connectivity index (χ0n) is 11.3. The molecule has 0 aliphatic carbocycles. The molecule has 0 radical (unpaired) electrons. The van der Waals surface area contributed by atoms with E-state index in [1.807, 2.05) is 12.1 Å². The van der Waals surface area contributed by atoms with Gasteiger partial charge in [-0.05, 0) is 17.7 Å². The van der Waals surface area contributed by atoms with Crippen LogP contribution in [-0.4, -0.2) is 34.9 Å². The number of hydrogen-bond acceptors (Lipinski definition) is 5. The first kappa shape index (κ1) is 13.7. The second kappa shape index (κ2) is 5.61. The lowest BCUT2D eigenvalue weighted by molar-refractivity contribution is -0.113. The number of rotatable bonds is 2. The zero-order chi connectivity index (χ0) is 14.8. The lowest BCUT2D eigenvalue weighted by atomic mass is 10.0. The Kier molecular flexibility index (Phi) is 3.66. The third-order valence-corrected chi connectivity index (χ3v) is 4.52. The number of fused-ring (bicyclic) bond motifs is 1. The fourth-order valence-electron chi connectivity index (χ4n) is 2.21. The molecule has 108 valence electrons. The van der Waals surface area contributed by atoms with Gasteiger partial charge in [-0.1, -0.05) is 12.1 Å². The third kappa shape index (κ3) is 2.64.